The van der Waals surface area contributed by atoms with Crippen molar-refractivity contribution in [2.24, 2.45) is 5.73 Å². The lowest BCUT2D eigenvalue weighted by Crippen LogP contribution is -2.21. The molecule has 0 aliphatic carbocycles. The first kappa shape index (κ1) is 14.6. The van der Waals surface area contributed by atoms with Crippen LogP contribution in [0.3, 0.4) is 0 Å². The maximum atomic E-state index is 6.01. The second-order valence-corrected chi connectivity index (χ2v) is 5.34. The number of hydrogen-bond donors (Lipinski definition) is 1. The highest BCUT2D eigenvalue weighted by Gasteiger charge is 2.07. The molecule has 0 fully saturated rings. The topological polar surface area (TPSA) is 35.2 Å². The molecule has 0 aliphatic rings. The number of para-hydroxylation sites is 1. The van der Waals surface area contributed by atoms with Crippen LogP contribution in [0.4, 0.5) is 0 Å². The van der Waals surface area contributed by atoms with E-state index in [1.807, 2.05) is 24.3 Å². The van der Waals surface area contributed by atoms with Gasteiger partial charge in [-0.2, -0.15) is 0 Å². The largest absolute Gasteiger partial charge is 0.457 e. The Hall–Kier alpha value is -1.80. The average Bonchev–Trinajstić information content (AvgIpc) is 2.44. The molecule has 0 spiro atoms. The molecule has 2 aromatic rings. The van der Waals surface area contributed by atoms with Crippen LogP contribution < -0.4 is 10.5 Å². The van der Waals surface area contributed by atoms with E-state index < -0.39 is 0 Å². The second kappa shape index (κ2) is 6.58. The molecule has 2 rings (SSSR count). The third kappa shape index (κ3) is 3.61. The van der Waals surface area contributed by atoms with Gasteiger partial charge in [0.1, 0.15) is 11.5 Å². The molecule has 106 valence electrons. The smallest absolute Gasteiger partial charge is 0.130 e. The van der Waals surface area contributed by atoms with Crippen molar-refractivity contribution in [3.8, 4) is 11.5 Å². The first-order valence-corrected chi connectivity index (χ1v) is 7.18. The highest BCUT2D eigenvalue weighted by atomic mass is 16.5. The van der Waals surface area contributed by atoms with Crippen molar-refractivity contribution in [3.05, 3.63) is 59.2 Å². The molecule has 1 unspecified atom stereocenters. The van der Waals surface area contributed by atoms with Crippen LogP contribution in [-0.2, 0) is 6.42 Å². The first-order valence-electron chi connectivity index (χ1n) is 7.18. The van der Waals surface area contributed by atoms with Crippen LogP contribution in [0.25, 0.3) is 0 Å². The van der Waals surface area contributed by atoms with Gasteiger partial charge in [0.25, 0.3) is 0 Å². The van der Waals surface area contributed by atoms with E-state index in [2.05, 4.69) is 39.0 Å². The Kier molecular flexibility index (Phi) is 4.80. The van der Waals surface area contributed by atoms with Gasteiger partial charge in [-0.05, 0) is 55.5 Å². The molecule has 2 nitrogen and oxygen atoms in total. The maximum Gasteiger partial charge on any atom is 0.130 e. The first-order chi connectivity index (χ1) is 9.60. The SMILES string of the molecule is CCC(N)Cc1ccc(Oc2ccccc2C)c(C)c1. The number of hydrogen-bond acceptors (Lipinski definition) is 2. The Morgan fingerprint density at radius 2 is 1.70 bits per heavy atom. The molecule has 2 heteroatoms. The van der Waals surface area contributed by atoms with Gasteiger partial charge >= 0.3 is 0 Å². The number of ether oxygens (including phenoxy) is 1. The predicted molar refractivity (Wildman–Crippen MR) is 84.4 cm³/mol. The number of benzene rings is 2. The highest BCUT2D eigenvalue weighted by molar-refractivity contribution is 5.42. The fraction of sp³-hybridized carbons (Fsp3) is 0.333. The number of rotatable bonds is 5. The number of nitrogens with two attached hydrogens (primary N) is 1. The lowest BCUT2D eigenvalue weighted by atomic mass is 10.0. The molecule has 2 aromatic carbocycles. The lowest BCUT2D eigenvalue weighted by Gasteiger charge is -2.13. The molecule has 0 heterocycles. The van der Waals surface area contributed by atoms with Gasteiger partial charge in [0.05, 0.1) is 0 Å². The van der Waals surface area contributed by atoms with Crippen LogP contribution in [0.1, 0.15) is 30.0 Å². The maximum absolute atomic E-state index is 6.01. The molecule has 0 aromatic heterocycles. The van der Waals surface area contributed by atoms with E-state index in [1.165, 1.54) is 5.56 Å². The van der Waals surface area contributed by atoms with Gasteiger partial charge in [-0.1, -0.05) is 37.3 Å². The molecular weight excluding hydrogens is 246 g/mol. The summed E-state index contributed by atoms with van der Waals surface area (Å²) < 4.78 is 5.99. The van der Waals surface area contributed by atoms with E-state index in [-0.39, 0.29) is 6.04 Å². The van der Waals surface area contributed by atoms with E-state index in [0.29, 0.717) is 0 Å². The van der Waals surface area contributed by atoms with E-state index >= 15 is 0 Å². The average molecular weight is 269 g/mol. The molecule has 0 amide bonds. The molecule has 0 saturated heterocycles. The summed E-state index contributed by atoms with van der Waals surface area (Å²) in [5.74, 6) is 1.82. The zero-order valence-electron chi connectivity index (χ0n) is 12.5. The fourth-order valence-electron chi connectivity index (χ4n) is 2.19. The molecule has 1 atom stereocenters. The Morgan fingerprint density at radius 1 is 1.00 bits per heavy atom. The normalized spacial score (nSPS) is 12.2. The second-order valence-electron chi connectivity index (χ2n) is 5.34. The third-order valence-electron chi connectivity index (χ3n) is 3.58. The summed E-state index contributed by atoms with van der Waals surface area (Å²) in [4.78, 5) is 0. The van der Waals surface area contributed by atoms with Crippen molar-refractivity contribution in [2.75, 3.05) is 0 Å². The van der Waals surface area contributed by atoms with Crippen molar-refractivity contribution in [3.63, 3.8) is 0 Å². The summed E-state index contributed by atoms with van der Waals surface area (Å²) in [7, 11) is 0. The van der Waals surface area contributed by atoms with Crippen molar-refractivity contribution in [1.82, 2.24) is 0 Å². The predicted octanol–water partition coefficient (Wildman–Crippen LogP) is 4.38. The van der Waals surface area contributed by atoms with Gasteiger partial charge in [-0.3, -0.25) is 0 Å². The molecule has 0 bridgehead atoms. The van der Waals surface area contributed by atoms with Crippen LogP contribution in [-0.4, -0.2) is 6.04 Å². The van der Waals surface area contributed by atoms with Gasteiger partial charge in [-0.15, -0.1) is 0 Å². The summed E-state index contributed by atoms with van der Waals surface area (Å²) in [6, 6.07) is 14.6. The summed E-state index contributed by atoms with van der Waals surface area (Å²) in [5.41, 5.74) is 9.57. The van der Waals surface area contributed by atoms with Crippen molar-refractivity contribution >= 4 is 0 Å². The lowest BCUT2D eigenvalue weighted by molar-refractivity contribution is 0.475. The summed E-state index contributed by atoms with van der Waals surface area (Å²) >= 11 is 0. The van der Waals surface area contributed by atoms with Crippen LogP contribution in [0.15, 0.2) is 42.5 Å². The van der Waals surface area contributed by atoms with Crippen molar-refractivity contribution < 1.29 is 4.74 Å². The zero-order chi connectivity index (χ0) is 14.5. The van der Waals surface area contributed by atoms with E-state index in [4.69, 9.17) is 10.5 Å². The summed E-state index contributed by atoms with van der Waals surface area (Å²) in [5, 5.41) is 0. The minimum atomic E-state index is 0.234. The van der Waals surface area contributed by atoms with E-state index in [0.717, 1.165) is 35.5 Å². The molecule has 20 heavy (non-hydrogen) atoms. The molecular formula is C18H23NO. The molecule has 0 saturated carbocycles. The monoisotopic (exact) mass is 269 g/mol. The Morgan fingerprint density at radius 3 is 2.35 bits per heavy atom. The fourth-order valence-corrected chi connectivity index (χ4v) is 2.19. The van der Waals surface area contributed by atoms with E-state index in [1.54, 1.807) is 0 Å². The van der Waals surface area contributed by atoms with Gasteiger partial charge in [0, 0.05) is 6.04 Å². The summed E-state index contributed by atoms with van der Waals surface area (Å²) in [6.45, 7) is 6.25. The quantitative estimate of drug-likeness (QED) is 0.874. The Labute approximate surface area is 121 Å². The van der Waals surface area contributed by atoms with Gasteiger partial charge in [0.15, 0.2) is 0 Å². The van der Waals surface area contributed by atoms with Gasteiger partial charge < -0.3 is 10.5 Å². The Bertz CT molecular complexity index is 577. The minimum absolute atomic E-state index is 0.234. The van der Waals surface area contributed by atoms with E-state index in [9.17, 15) is 0 Å². The Balaban J connectivity index is 2.16. The highest BCUT2D eigenvalue weighted by Crippen LogP contribution is 2.28. The van der Waals surface area contributed by atoms with Crippen LogP contribution in [0, 0.1) is 13.8 Å². The van der Waals surface area contributed by atoms with Crippen molar-refractivity contribution in [1.29, 1.82) is 0 Å². The molecule has 0 radical (unpaired) electrons. The van der Waals surface area contributed by atoms with Crippen molar-refractivity contribution in [2.45, 2.75) is 39.7 Å². The van der Waals surface area contributed by atoms with Gasteiger partial charge in [-0.25, -0.2) is 0 Å². The standard InChI is InChI=1S/C18H23NO/c1-4-16(19)12-15-9-10-18(14(3)11-15)20-17-8-6-5-7-13(17)2/h5-11,16H,4,12,19H2,1-3H3. The van der Waals surface area contributed by atoms with Gasteiger partial charge in [0.2, 0.25) is 0 Å². The zero-order valence-corrected chi connectivity index (χ0v) is 12.5. The minimum Gasteiger partial charge on any atom is -0.457 e. The molecule has 2 N–H and O–H groups in total. The van der Waals surface area contributed by atoms with Crippen LogP contribution in [0.2, 0.25) is 0 Å². The summed E-state index contributed by atoms with van der Waals surface area (Å²) in [6.07, 6.45) is 1.92. The van der Waals surface area contributed by atoms with Crippen LogP contribution in [0.5, 0.6) is 11.5 Å². The molecule has 0 aliphatic heterocycles. The third-order valence-corrected chi connectivity index (χ3v) is 3.58. The number of aryl methyl sites for hydroxylation is 2. The van der Waals surface area contributed by atoms with Crippen LogP contribution >= 0.6 is 0 Å².